The lowest BCUT2D eigenvalue weighted by Gasteiger charge is -2.29. The van der Waals surface area contributed by atoms with Crippen LogP contribution in [0.5, 0.6) is 0 Å². The Balaban J connectivity index is 1.62. The molecule has 1 saturated carbocycles. The molecule has 2 aliphatic rings. The van der Waals surface area contributed by atoms with Gasteiger partial charge in [0.15, 0.2) is 6.10 Å². The van der Waals surface area contributed by atoms with Crippen LogP contribution in [0.25, 0.3) is 0 Å². The van der Waals surface area contributed by atoms with Crippen molar-refractivity contribution in [1.82, 2.24) is 5.32 Å². The number of carbonyl (C=O) groups is 2. The van der Waals surface area contributed by atoms with Gasteiger partial charge in [0.2, 0.25) is 5.91 Å². The highest BCUT2D eigenvalue weighted by Gasteiger charge is 2.38. The van der Waals surface area contributed by atoms with E-state index in [1.54, 1.807) is 7.05 Å². The van der Waals surface area contributed by atoms with Gasteiger partial charge in [-0.3, -0.25) is 9.59 Å². The standard InChI is InChI=1S/C24H34N2O6/c1-26-18-10-6-5-9-16(18)12-13-17(24(26)31)25-23(30)22(32-2)21(29)20(28)19(27)14-11-15-7-3-4-8-15/h5-6,9-11,14-15,17,19-22,27-29H,3-4,7-8,12-13H2,1-2H3,(H,25,30)/b14-11+/t17?,19-,20+,21-,22-/m1/s1. The number of anilines is 1. The summed E-state index contributed by atoms with van der Waals surface area (Å²) in [6.07, 6.45) is 2.63. The van der Waals surface area contributed by atoms with Gasteiger partial charge in [-0.1, -0.05) is 43.2 Å². The Bertz CT molecular complexity index is 822. The molecule has 1 aromatic carbocycles. The predicted octanol–water partition coefficient (Wildman–Crippen LogP) is 0.924. The van der Waals surface area contributed by atoms with Gasteiger partial charge in [0.05, 0.1) is 0 Å². The number of hydrogen-bond donors (Lipinski definition) is 4. The third-order valence-corrected chi connectivity index (χ3v) is 6.50. The molecule has 3 rings (SSSR count). The van der Waals surface area contributed by atoms with Crippen molar-refractivity contribution in [2.24, 2.45) is 5.92 Å². The Morgan fingerprint density at radius 2 is 1.84 bits per heavy atom. The van der Waals surface area contributed by atoms with Crippen molar-refractivity contribution < 1.29 is 29.6 Å². The maximum atomic E-state index is 12.9. The fraction of sp³-hybridized carbons (Fsp3) is 0.583. The SMILES string of the molecule is CO[C@@H](C(=O)NC1CCc2ccccc2N(C)C1=O)[C@H](O)[C@@H](O)[C@H](O)/C=C/C1CCCC1. The molecule has 0 aromatic heterocycles. The third kappa shape index (κ3) is 5.56. The van der Waals surface area contributed by atoms with Crippen LogP contribution in [-0.4, -0.2) is 71.7 Å². The molecule has 8 heteroatoms. The zero-order chi connectivity index (χ0) is 23.3. The largest absolute Gasteiger partial charge is 0.387 e. The fourth-order valence-corrected chi connectivity index (χ4v) is 4.53. The molecule has 0 spiro atoms. The van der Waals surface area contributed by atoms with Gasteiger partial charge in [-0.05, 0) is 43.2 Å². The van der Waals surface area contributed by atoms with Crippen LogP contribution >= 0.6 is 0 Å². The van der Waals surface area contributed by atoms with E-state index in [0.29, 0.717) is 18.8 Å². The number of amides is 2. The molecule has 1 unspecified atom stereocenters. The number of aryl methyl sites for hydroxylation is 1. The number of aliphatic hydroxyl groups is 3. The Kier molecular flexibility index (Phi) is 8.42. The van der Waals surface area contributed by atoms with Crippen LogP contribution in [0, 0.1) is 5.92 Å². The number of likely N-dealkylation sites (N-methyl/N-ethyl adjacent to an activating group) is 1. The Hall–Kier alpha value is -2.26. The number of allylic oxidation sites excluding steroid dienone is 1. The van der Waals surface area contributed by atoms with Crippen LogP contribution in [0.4, 0.5) is 5.69 Å². The van der Waals surface area contributed by atoms with Gasteiger partial charge in [0.1, 0.15) is 24.4 Å². The number of methoxy groups -OCH3 is 1. The molecule has 176 valence electrons. The van der Waals surface area contributed by atoms with Crippen molar-refractivity contribution in [3.05, 3.63) is 42.0 Å². The van der Waals surface area contributed by atoms with Gasteiger partial charge in [-0.15, -0.1) is 0 Å². The number of ether oxygens (including phenoxy) is 1. The first-order valence-electron chi connectivity index (χ1n) is 11.2. The number of rotatable bonds is 8. The van der Waals surface area contributed by atoms with Gasteiger partial charge in [-0.2, -0.15) is 0 Å². The quantitative estimate of drug-likeness (QED) is 0.441. The first-order valence-corrected chi connectivity index (χ1v) is 11.2. The maximum Gasteiger partial charge on any atom is 0.252 e. The molecular weight excluding hydrogens is 412 g/mol. The number of carbonyl (C=O) groups excluding carboxylic acids is 2. The molecule has 2 amide bonds. The average Bonchev–Trinajstić information content (AvgIpc) is 3.29. The van der Waals surface area contributed by atoms with E-state index < -0.39 is 36.4 Å². The van der Waals surface area contributed by atoms with Gasteiger partial charge in [0, 0.05) is 19.8 Å². The smallest absolute Gasteiger partial charge is 0.252 e. The lowest BCUT2D eigenvalue weighted by atomic mass is 9.99. The van der Waals surface area contributed by atoms with Crippen molar-refractivity contribution in [3.63, 3.8) is 0 Å². The minimum absolute atomic E-state index is 0.271. The number of para-hydroxylation sites is 1. The first-order chi connectivity index (χ1) is 15.3. The molecule has 0 radical (unpaired) electrons. The van der Waals surface area contributed by atoms with Crippen LogP contribution in [0.1, 0.15) is 37.7 Å². The van der Waals surface area contributed by atoms with E-state index in [1.165, 1.54) is 18.1 Å². The summed E-state index contributed by atoms with van der Waals surface area (Å²) in [6.45, 7) is 0. The van der Waals surface area contributed by atoms with Crippen molar-refractivity contribution >= 4 is 17.5 Å². The molecule has 4 N–H and O–H groups in total. The van der Waals surface area contributed by atoms with Crippen molar-refractivity contribution in [2.45, 2.75) is 69.0 Å². The highest BCUT2D eigenvalue weighted by atomic mass is 16.5. The Morgan fingerprint density at radius 1 is 1.16 bits per heavy atom. The third-order valence-electron chi connectivity index (χ3n) is 6.50. The fourth-order valence-electron chi connectivity index (χ4n) is 4.53. The van der Waals surface area contributed by atoms with Crippen molar-refractivity contribution in [1.29, 1.82) is 0 Å². The number of aliphatic hydroxyl groups excluding tert-OH is 3. The lowest BCUT2D eigenvalue weighted by Crippen LogP contribution is -2.55. The van der Waals surface area contributed by atoms with E-state index in [1.807, 2.05) is 30.3 Å². The van der Waals surface area contributed by atoms with E-state index in [4.69, 9.17) is 4.74 Å². The topological polar surface area (TPSA) is 119 Å². The van der Waals surface area contributed by atoms with Crippen molar-refractivity contribution in [2.75, 3.05) is 19.1 Å². The number of benzene rings is 1. The summed E-state index contributed by atoms with van der Waals surface area (Å²) in [4.78, 5) is 27.2. The zero-order valence-corrected chi connectivity index (χ0v) is 18.7. The predicted molar refractivity (Wildman–Crippen MR) is 120 cm³/mol. The first kappa shape index (κ1) is 24.4. The minimum Gasteiger partial charge on any atom is -0.387 e. The van der Waals surface area contributed by atoms with Crippen LogP contribution in [0.2, 0.25) is 0 Å². The summed E-state index contributed by atoms with van der Waals surface area (Å²) in [5.41, 5.74) is 1.81. The minimum atomic E-state index is -1.67. The second kappa shape index (κ2) is 11.0. The van der Waals surface area contributed by atoms with Crippen LogP contribution in [0.15, 0.2) is 36.4 Å². The second-order valence-corrected chi connectivity index (χ2v) is 8.68. The highest BCUT2D eigenvalue weighted by molar-refractivity contribution is 6.00. The summed E-state index contributed by atoms with van der Waals surface area (Å²) in [7, 11) is 2.89. The van der Waals surface area contributed by atoms with E-state index in [2.05, 4.69) is 5.32 Å². The van der Waals surface area contributed by atoms with E-state index >= 15 is 0 Å². The number of hydrogen-bond acceptors (Lipinski definition) is 6. The van der Waals surface area contributed by atoms with Crippen LogP contribution < -0.4 is 10.2 Å². The molecule has 32 heavy (non-hydrogen) atoms. The molecule has 1 aromatic rings. The van der Waals surface area contributed by atoms with E-state index in [-0.39, 0.29) is 5.91 Å². The summed E-state index contributed by atoms with van der Waals surface area (Å²) in [5.74, 6) is -0.630. The highest BCUT2D eigenvalue weighted by Crippen LogP contribution is 2.27. The molecule has 8 nitrogen and oxygen atoms in total. The van der Waals surface area contributed by atoms with Crippen LogP contribution in [0.3, 0.4) is 0 Å². The molecule has 0 bridgehead atoms. The zero-order valence-electron chi connectivity index (χ0n) is 18.7. The van der Waals surface area contributed by atoms with E-state index in [0.717, 1.165) is 36.9 Å². The molecular formula is C24H34N2O6. The monoisotopic (exact) mass is 446 g/mol. The lowest BCUT2D eigenvalue weighted by molar-refractivity contribution is -0.150. The summed E-state index contributed by atoms with van der Waals surface area (Å²) < 4.78 is 5.14. The molecule has 1 aliphatic heterocycles. The number of fused-ring (bicyclic) bond motifs is 1. The molecule has 5 atom stereocenters. The van der Waals surface area contributed by atoms with Crippen LogP contribution in [-0.2, 0) is 20.7 Å². The molecule has 1 fully saturated rings. The van der Waals surface area contributed by atoms with Crippen molar-refractivity contribution in [3.8, 4) is 0 Å². The molecule has 1 heterocycles. The van der Waals surface area contributed by atoms with Gasteiger partial charge >= 0.3 is 0 Å². The normalized spacial score (nSPS) is 23.5. The van der Waals surface area contributed by atoms with Gasteiger partial charge in [-0.25, -0.2) is 0 Å². The van der Waals surface area contributed by atoms with E-state index in [9.17, 15) is 24.9 Å². The molecule has 1 aliphatic carbocycles. The number of nitrogens with one attached hydrogen (secondary N) is 1. The Morgan fingerprint density at radius 3 is 2.53 bits per heavy atom. The summed E-state index contributed by atoms with van der Waals surface area (Å²) in [6, 6.07) is 6.76. The van der Waals surface area contributed by atoms with Gasteiger partial charge in [0.25, 0.3) is 5.91 Å². The summed E-state index contributed by atoms with van der Waals surface area (Å²) >= 11 is 0. The van der Waals surface area contributed by atoms with Gasteiger partial charge < -0.3 is 30.3 Å². The Labute approximate surface area is 188 Å². The second-order valence-electron chi connectivity index (χ2n) is 8.68. The average molecular weight is 447 g/mol. The molecule has 0 saturated heterocycles. The maximum absolute atomic E-state index is 12.9. The summed E-state index contributed by atoms with van der Waals surface area (Å²) in [5, 5.41) is 33.8. The number of nitrogens with zero attached hydrogens (tertiary/aromatic N) is 1.